The molecule has 0 aromatic carbocycles. The van der Waals surface area contributed by atoms with Crippen molar-refractivity contribution in [2.45, 2.75) is 38.1 Å². The topological polar surface area (TPSA) is 113 Å². The van der Waals surface area contributed by atoms with Crippen LogP contribution in [0.5, 0.6) is 0 Å². The Labute approximate surface area is 94.8 Å². The van der Waals surface area contributed by atoms with E-state index >= 15 is 0 Å². The van der Waals surface area contributed by atoms with Crippen molar-refractivity contribution < 1.29 is 19.8 Å². The average molecular weight is 232 g/mol. The molecular formula is C10H20N2O4. The molecule has 94 valence electrons. The quantitative estimate of drug-likeness (QED) is 0.399. The highest BCUT2D eigenvalue weighted by molar-refractivity contribution is 5.85. The Morgan fingerprint density at radius 3 is 2.38 bits per heavy atom. The molecule has 0 spiro atoms. The van der Waals surface area contributed by atoms with Crippen LogP contribution >= 0.6 is 0 Å². The number of carboxylic acids is 1. The maximum absolute atomic E-state index is 11.2. The van der Waals surface area contributed by atoms with Crippen molar-refractivity contribution in [3.63, 3.8) is 0 Å². The van der Waals surface area contributed by atoms with Crippen LogP contribution in [0.15, 0.2) is 0 Å². The number of amides is 1. The number of rotatable bonds is 9. The monoisotopic (exact) mass is 232 g/mol. The molecule has 0 aliphatic rings. The van der Waals surface area contributed by atoms with E-state index in [4.69, 9.17) is 15.9 Å². The Balaban J connectivity index is 3.46. The Morgan fingerprint density at radius 1 is 1.19 bits per heavy atom. The van der Waals surface area contributed by atoms with Crippen molar-refractivity contribution in [1.82, 2.24) is 5.32 Å². The summed E-state index contributed by atoms with van der Waals surface area (Å²) in [7, 11) is 0. The minimum atomic E-state index is -1.08. The lowest BCUT2D eigenvalue weighted by Gasteiger charge is -2.09. The van der Waals surface area contributed by atoms with Crippen molar-refractivity contribution in [2.75, 3.05) is 13.2 Å². The van der Waals surface area contributed by atoms with E-state index in [1.165, 1.54) is 0 Å². The van der Waals surface area contributed by atoms with Crippen molar-refractivity contribution in [3.8, 4) is 0 Å². The van der Waals surface area contributed by atoms with E-state index in [0.717, 1.165) is 25.7 Å². The predicted molar refractivity (Wildman–Crippen MR) is 58.8 cm³/mol. The fourth-order valence-electron chi connectivity index (χ4n) is 1.21. The number of hydrogen-bond acceptors (Lipinski definition) is 4. The summed E-state index contributed by atoms with van der Waals surface area (Å²) in [5.74, 6) is -1.50. The highest BCUT2D eigenvalue weighted by Crippen LogP contribution is 1.97. The molecule has 6 heteroatoms. The van der Waals surface area contributed by atoms with Crippen LogP contribution < -0.4 is 11.1 Å². The van der Waals surface area contributed by atoms with E-state index in [-0.39, 0.29) is 13.0 Å². The molecule has 6 nitrogen and oxygen atoms in total. The Bertz CT molecular complexity index is 221. The number of nitrogens with two attached hydrogens (primary N) is 1. The van der Waals surface area contributed by atoms with Gasteiger partial charge in [-0.2, -0.15) is 0 Å². The van der Waals surface area contributed by atoms with Gasteiger partial charge in [0.25, 0.3) is 0 Å². The largest absolute Gasteiger partial charge is 0.481 e. The van der Waals surface area contributed by atoms with Crippen LogP contribution in [0.1, 0.15) is 32.1 Å². The average Bonchev–Trinajstić information content (AvgIpc) is 2.21. The zero-order chi connectivity index (χ0) is 12.4. The number of hydrogen-bond donors (Lipinski definition) is 4. The minimum absolute atomic E-state index is 0.190. The van der Waals surface area contributed by atoms with Gasteiger partial charge in [0, 0.05) is 13.2 Å². The summed E-state index contributed by atoms with van der Waals surface area (Å²) < 4.78 is 0. The summed E-state index contributed by atoms with van der Waals surface area (Å²) in [6.07, 6.45) is 3.08. The molecule has 0 saturated heterocycles. The second-order valence-corrected chi connectivity index (χ2v) is 3.63. The van der Waals surface area contributed by atoms with Crippen LogP contribution in [0.2, 0.25) is 0 Å². The third-order valence-electron chi connectivity index (χ3n) is 2.12. The van der Waals surface area contributed by atoms with Crippen LogP contribution in [0, 0.1) is 0 Å². The number of aliphatic hydroxyl groups excluding tert-OH is 1. The van der Waals surface area contributed by atoms with Gasteiger partial charge in [-0.1, -0.05) is 12.8 Å². The zero-order valence-corrected chi connectivity index (χ0v) is 9.32. The van der Waals surface area contributed by atoms with Gasteiger partial charge in [-0.15, -0.1) is 0 Å². The highest BCUT2D eigenvalue weighted by atomic mass is 16.4. The first kappa shape index (κ1) is 14.9. The molecule has 0 aliphatic heterocycles. The molecule has 1 atom stereocenters. The maximum atomic E-state index is 11.2. The van der Waals surface area contributed by atoms with E-state index in [1.807, 2.05) is 0 Å². The summed E-state index contributed by atoms with van der Waals surface area (Å²) in [6, 6.07) is -0.977. The minimum Gasteiger partial charge on any atom is -0.481 e. The second kappa shape index (κ2) is 9.11. The summed E-state index contributed by atoms with van der Waals surface area (Å²) in [6.45, 7) is 0.688. The van der Waals surface area contributed by atoms with Gasteiger partial charge < -0.3 is 21.3 Å². The van der Waals surface area contributed by atoms with Gasteiger partial charge in [0.1, 0.15) is 0 Å². The first-order valence-corrected chi connectivity index (χ1v) is 5.44. The summed E-state index contributed by atoms with van der Waals surface area (Å²) >= 11 is 0. The number of carbonyl (C=O) groups excluding carboxylic acids is 1. The van der Waals surface area contributed by atoms with Crippen molar-refractivity contribution in [3.05, 3.63) is 0 Å². The molecule has 0 saturated carbocycles. The van der Waals surface area contributed by atoms with E-state index in [0.29, 0.717) is 6.54 Å². The molecule has 5 N–H and O–H groups in total. The predicted octanol–water partition coefficient (Wildman–Crippen LogP) is -0.543. The number of nitrogens with one attached hydrogen (secondary N) is 1. The molecule has 0 aromatic rings. The fourth-order valence-corrected chi connectivity index (χ4v) is 1.21. The fraction of sp³-hybridized carbons (Fsp3) is 0.800. The highest BCUT2D eigenvalue weighted by Gasteiger charge is 2.15. The van der Waals surface area contributed by atoms with Crippen molar-refractivity contribution in [1.29, 1.82) is 0 Å². The van der Waals surface area contributed by atoms with Crippen LogP contribution in [0.4, 0.5) is 0 Å². The number of aliphatic hydroxyl groups is 1. The third kappa shape index (κ3) is 8.19. The molecule has 1 amide bonds. The lowest BCUT2D eigenvalue weighted by Crippen LogP contribution is -2.42. The van der Waals surface area contributed by atoms with Gasteiger partial charge in [-0.05, 0) is 12.8 Å². The lowest BCUT2D eigenvalue weighted by atomic mass is 10.2. The summed E-state index contributed by atoms with van der Waals surface area (Å²) in [5.41, 5.74) is 5.35. The SMILES string of the molecule is NC(CC(=O)O)C(=O)NCCCCCCO. The Kier molecular flexibility index (Phi) is 8.46. The molecule has 0 rings (SSSR count). The molecule has 16 heavy (non-hydrogen) atoms. The smallest absolute Gasteiger partial charge is 0.305 e. The van der Waals surface area contributed by atoms with Crippen LogP contribution in [0.25, 0.3) is 0 Å². The molecule has 0 fully saturated rings. The Hall–Kier alpha value is -1.14. The van der Waals surface area contributed by atoms with E-state index < -0.39 is 17.9 Å². The molecule has 0 bridgehead atoms. The van der Waals surface area contributed by atoms with Gasteiger partial charge in [0.05, 0.1) is 12.5 Å². The molecule has 0 aromatic heterocycles. The van der Waals surface area contributed by atoms with Gasteiger partial charge in [-0.25, -0.2) is 0 Å². The molecule has 0 heterocycles. The summed E-state index contributed by atoms with van der Waals surface area (Å²) in [4.78, 5) is 21.5. The van der Waals surface area contributed by atoms with E-state index in [1.54, 1.807) is 0 Å². The summed E-state index contributed by atoms with van der Waals surface area (Å²) in [5, 5.41) is 19.5. The maximum Gasteiger partial charge on any atom is 0.305 e. The number of unbranched alkanes of at least 4 members (excludes halogenated alkanes) is 3. The van der Waals surface area contributed by atoms with Gasteiger partial charge in [-0.3, -0.25) is 9.59 Å². The van der Waals surface area contributed by atoms with Crippen LogP contribution in [0.3, 0.4) is 0 Å². The zero-order valence-electron chi connectivity index (χ0n) is 9.32. The van der Waals surface area contributed by atoms with Crippen LogP contribution in [-0.2, 0) is 9.59 Å². The molecule has 1 unspecified atom stereocenters. The molecule has 0 radical (unpaired) electrons. The van der Waals surface area contributed by atoms with Crippen LogP contribution in [-0.4, -0.2) is 41.3 Å². The number of aliphatic carboxylic acids is 1. The normalized spacial score (nSPS) is 12.1. The molecule has 0 aliphatic carbocycles. The Morgan fingerprint density at radius 2 is 1.81 bits per heavy atom. The molecular weight excluding hydrogens is 212 g/mol. The van der Waals surface area contributed by atoms with Gasteiger partial charge in [0.2, 0.25) is 5.91 Å². The standard InChI is InChI=1S/C10H20N2O4/c11-8(7-9(14)15)10(16)12-5-3-1-2-4-6-13/h8,13H,1-7,11H2,(H,12,16)(H,14,15). The lowest BCUT2D eigenvalue weighted by molar-refractivity contribution is -0.139. The first-order valence-electron chi connectivity index (χ1n) is 5.44. The number of carboxylic acid groups (broad SMARTS) is 1. The first-order chi connectivity index (χ1) is 7.57. The van der Waals surface area contributed by atoms with Crippen molar-refractivity contribution in [2.24, 2.45) is 5.73 Å². The van der Waals surface area contributed by atoms with Gasteiger partial charge >= 0.3 is 5.97 Å². The third-order valence-corrected chi connectivity index (χ3v) is 2.12. The second-order valence-electron chi connectivity index (χ2n) is 3.63. The number of carbonyl (C=O) groups is 2. The van der Waals surface area contributed by atoms with E-state index in [2.05, 4.69) is 5.32 Å². The van der Waals surface area contributed by atoms with Gasteiger partial charge in [0.15, 0.2) is 0 Å². The van der Waals surface area contributed by atoms with Crippen molar-refractivity contribution >= 4 is 11.9 Å². The van der Waals surface area contributed by atoms with E-state index in [9.17, 15) is 9.59 Å².